The van der Waals surface area contributed by atoms with E-state index in [0.29, 0.717) is 5.69 Å². The molecule has 226 valence electrons. The Kier molecular flexibility index (Phi) is 10.1. The molecule has 0 bridgehead atoms. The Morgan fingerprint density at radius 1 is 1.07 bits per heavy atom. The maximum absolute atomic E-state index is 13.1. The molecule has 12 heteroatoms. The molecule has 0 spiro atoms. The number of aliphatic hydroxyl groups is 3. The van der Waals surface area contributed by atoms with Gasteiger partial charge >= 0.3 is 0 Å². The second kappa shape index (κ2) is 13.4. The number of rotatable bonds is 11. The number of nitrogens with zero attached hydrogens (tertiary/aromatic N) is 3. The van der Waals surface area contributed by atoms with Crippen LogP contribution in [0.4, 0.5) is 5.69 Å². The number of allylic oxidation sites excluding steroid dienone is 2. The monoisotopic (exact) mass is 598 g/mol. The maximum atomic E-state index is 13.1. The molecule has 3 aromatic rings. The Morgan fingerprint density at radius 3 is 2.38 bits per heavy atom. The zero-order chi connectivity index (χ0) is 30.6. The molecule has 1 aliphatic heterocycles. The Labute approximate surface area is 246 Å². The van der Waals surface area contributed by atoms with Crippen molar-refractivity contribution in [2.45, 2.75) is 38.3 Å². The van der Waals surface area contributed by atoms with Gasteiger partial charge in [0.1, 0.15) is 18.3 Å². The minimum atomic E-state index is -4.31. The van der Waals surface area contributed by atoms with Crippen molar-refractivity contribution in [1.29, 1.82) is 5.26 Å². The molecule has 2 aromatic carbocycles. The molecule has 42 heavy (non-hydrogen) atoms. The van der Waals surface area contributed by atoms with E-state index >= 15 is 0 Å². The lowest BCUT2D eigenvalue weighted by Crippen LogP contribution is -2.49. The Bertz CT molecular complexity index is 1590. The minimum Gasteiger partial charge on any atom is -0.391 e. The predicted molar refractivity (Wildman–Crippen MR) is 161 cm³/mol. The van der Waals surface area contributed by atoms with Crippen LogP contribution in [0, 0.1) is 11.3 Å². The number of sulfonamides is 1. The average Bonchev–Trinajstić information content (AvgIpc) is 3.37. The molecular formula is C30H38N4O7S. The highest BCUT2D eigenvalue weighted by atomic mass is 32.2. The number of nitrogens with one attached hydrogen (secondary N) is 1. The molecule has 0 saturated carbocycles. The molecule has 4 N–H and O–H groups in total. The molecule has 1 saturated heterocycles. The topological polar surface area (TPSA) is 157 Å². The number of methoxy groups -OCH3 is 1. The van der Waals surface area contributed by atoms with Gasteiger partial charge in [0, 0.05) is 56.4 Å². The lowest BCUT2D eigenvalue weighted by Gasteiger charge is -2.29. The first kappa shape index (κ1) is 31.7. The first-order chi connectivity index (χ1) is 20.0. The highest BCUT2D eigenvalue weighted by Crippen LogP contribution is 2.31. The van der Waals surface area contributed by atoms with Gasteiger partial charge in [-0.1, -0.05) is 18.2 Å². The van der Waals surface area contributed by atoms with E-state index in [2.05, 4.69) is 40.0 Å². The van der Waals surface area contributed by atoms with Crippen molar-refractivity contribution in [2.24, 2.45) is 7.05 Å². The van der Waals surface area contributed by atoms with E-state index in [-0.39, 0.29) is 5.57 Å². The summed E-state index contributed by atoms with van der Waals surface area (Å²) in [7, 11) is -1.26. The molecule has 4 rings (SSSR count). The van der Waals surface area contributed by atoms with Crippen molar-refractivity contribution in [3.8, 4) is 17.3 Å². The van der Waals surface area contributed by atoms with Gasteiger partial charge in [-0.3, -0.25) is 0 Å². The number of fused-ring (bicyclic) bond motifs is 1. The van der Waals surface area contributed by atoms with Gasteiger partial charge in [0.05, 0.1) is 25.4 Å². The second-order valence-electron chi connectivity index (χ2n) is 10.4. The summed E-state index contributed by atoms with van der Waals surface area (Å²) in [5.74, 6) is 0. The highest BCUT2D eigenvalue weighted by molar-refractivity contribution is 7.93. The number of anilines is 1. The van der Waals surface area contributed by atoms with Crippen LogP contribution in [0.5, 0.6) is 0 Å². The first-order valence-corrected chi connectivity index (χ1v) is 15.2. The summed E-state index contributed by atoms with van der Waals surface area (Å²) in [6.07, 6.45) is -5.52. The fourth-order valence-electron chi connectivity index (χ4n) is 5.16. The van der Waals surface area contributed by atoms with Crippen LogP contribution in [0.15, 0.2) is 53.4 Å². The lowest BCUT2D eigenvalue weighted by atomic mass is 10.0. The van der Waals surface area contributed by atoms with E-state index in [0.717, 1.165) is 54.0 Å². The lowest BCUT2D eigenvalue weighted by molar-refractivity contribution is -0.108. The number of morpholine rings is 1. The number of benzene rings is 2. The molecule has 2 heterocycles. The van der Waals surface area contributed by atoms with Gasteiger partial charge in [-0.05, 0) is 60.5 Å². The first-order valence-electron chi connectivity index (χ1n) is 13.7. The number of hydrogen-bond acceptors (Lipinski definition) is 9. The molecule has 1 aromatic heterocycles. The zero-order valence-electron chi connectivity index (χ0n) is 24.2. The number of aliphatic hydroxyl groups excluding tert-OH is 3. The summed E-state index contributed by atoms with van der Waals surface area (Å²) in [6.45, 7) is 5.58. The molecule has 0 radical (unpaired) electrons. The third-order valence-corrected chi connectivity index (χ3v) is 9.20. The van der Waals surface area contributed by atoms with E-state index in [1.165, 1.54) is 14.0 Å². The van der Waals surface area contributed by atoms with Crippen LogP contribution < -0.4 is 9.62 Å². The van der Waals surface area contributed by atoms with Gasteiger partial charge in [0.15, 0.2) is 4.91 Å². The van der Waals surface area contributed by atoms with Crippen molar-refractivity contribution >= 4 is 32.1 Å². The number of hydrogen-bond donors (Lipinski definition) is 4. The summed E-state index contributed by atoms with van der Waals surface area (Å²) in [6, 6.07) is 18.0. The second-order valence-corrected chi connectivity index (χ2v) is 12.1. The molecule has 0 aliphatic carbocycles. The molecule has 0 unspecified atom stereocenters. The molecule has 1 fully saturated rings. The van der Waals surface area contributed by atoms with Crippen molar-refractivity contribution in [1.82, 2.24) is 9.29 Å². The summed E-state index contributed by atoms with van der Waals surface area (Å²) < 4.78 is 41.0. The molecular weight excluding hydrogens is 560 g/mol. The molecule has 1 aliphatic rings. The molecule has 0 amide bonds. The quantitative estimate of drug-likeness (QED) is 0.242. The predicted octanol–water partition coefficient (Wildman–Crippen LogP) is 1.97. The van der Waals surface area contributed by atoms with Crippen LogP contribution >= 0.6 is 0 Å². The zero-order valence-corrected chi connectivity index (χ0v) is 25.0. The summed E-state index contributed by atoms with van der Waals surface area (Å²) in [5.41, 5.74) is 3.73. The average molecular weight is 599 g/mol. The number of aromatic nitrogens is 1. The van der Waals surface area contributed by atoms with Crippen LogP contribution in [0.1, 0.15) is 19.5 Å². The van der Waals surface area contributed by atoms with Crippen molar-refractivity contribution < 1.29 is 33.2 Å². The fourth-order valence-corrected chi connectivity index (χ4v) is 6.32. The Morgan fingerprint density at radius 2 is 1.74 bits per heavy atom. The Hall–Kier alpha value is -3.28. The Balaban J connectivity index is 1.58. The smallest absolute Gasteiger partial charge is 0.251 e. The molecule has 11 nitrogen and oxygen atoms in total. The van der Waals surface area contributed by atoms with Crippen molar-refractivity contribution in [2.75, 3.05) is 44.9 Å². The van der Waals surface area contributed by atoms with E-state index in [9.17, 15) is 29.0 Å². The van der Waals surface area contributed by atoms with Crippen LogP contribution in [0.3, 0.4) is 0 Å². The van der Waals surface area contributed by atoms with Crippen LogP contribution in [0.25, 0.3) is 27.6 Å². The minimum absolute atomic E-state index is 0.244. The van der Waals surface area contributed by atoms with E-state index in [4.69, 9.17) is 9.47 Å². The van der Waals surface area contributed by atoms with Crippen molar-refractivity contribution in [3.63, 3.8) is 0 Å². The van der Waals surface area contributed by atoms with Crippen LogP contribution in [0.2, 0.25) is 0 Å². The number of nitriles is 1. The normalized spacial score (nSPS) is 17.8. The van der Waals surface area contributed by atoms with E-state index in [1.807, 2.05) is 23.7 Å². The van der Waals surface area contributed by atoms with Gasteiger partial charge in [0.2, 0.25) is 0 Å². The van der Waals surface area contributed by atoms with Gasteiger partial charge in [-0.25, -0.2) is 13.1 Å². The maximum Gasteiger partial charge on any atom is 0.251 e. The van der Waals surface area contributed by atoms with Crippen LogP contribution in [-0.2, 0) is 26.5 Å². The van der Waals surface area contributed by atoms with Gasteiger partial charge in [-0.15, -0.1) is 0 Å². The highest BCUT2D eigenvalue weighted by Gasteiger charge is 2.31. The summed E-state index contributed by atoms with van der Waals surface area (Å²) in [5, 5.41) is 41.8. The van der Waals surface area contributed by atoms with Gasteiger partial charge < -0.3 is 34.3 Å². The van der Waals surface area contributed by atoms with Gasteiger partial charge in [0.25, 0.3) is 10.0 Å². The summed E-state index contributed by atoms with van der Waals surface area (Å²) in [4.78, 5) is 1.83. The largest absolute Gasteiger partial charge is 0.391 e. The third kappa shape index (κ3) is 6.68. The standard InChI is InChI=1S/C30H38N4O7S/c1-19(28(17-31)42(38,39)32-18-27(40-4)30(37)29(36)20(2)35)25-9-10-26(33(25)3)23-6-5-22-16-24(8-7-21(22)15-23)34-11-13-41-14-12-34/h5-10,15-16,20,27,29-30,32,35-37H,11-14,18H2,1-4H3/b28-19+/t20-,27+,29+,30+/m0/s1. The van der Waals surface area contributed by atoms with E-state index in [1.54, 1.807) is 19.1 Å². The van der Waals surface area contributed by atoms with E-state index < -0.39 is 45.9 Å². The van der Waals surface area contributed by atoms with Crippen LogP contribution in [-0.4, -0.2) is 92.7 Å². The van der Waals surface area contributed by atoms with Gasteiger partial charge in [-0.2, -0.15) is 5.26 Å². The molecule has 4 atom stereocenters. The summed E-state index contributed by atoms with van der Waals surface area (Å²) >= 11 is 0. The third-order valence-electron chi connectivity index (χ3n) is 7.72. The number of ether oxygens (including phenoxy) is 2. The fraction of sp³-hybridized carbons (Fsp3) is 0.433. The SMILES string of the molecule is CO[C@H](CNS(=O)(=O)/C(C#N)=C(\C)c1ccc(-c2ccc3cc(N4CCOCC4)ccc3c2)n1C)[C@@H](O)[C@H](O)[C@H](C)O. The van der Waals surface area contributed by atoms with Crippen molar-refractivity contribution in [3.05, 3.63) is 59.1 Å².